The van der Waals surface area contributed by atoms with Crippen LogP contribution in [0.5, 0.6) is 0 Å². The van der Waals surface area contributed by atoms with Crippen LogP contribution in [0.2, 0.25) is 0 Å². The number of Topliss-reactive ketones (excluding diaryl/α,β-unsaturated/α-hetero) is 1. The number of hydrogen-bond donors (Lipinski definition) is 3. The minimum atomic E-state index is -1.05. The summed E-state index contributed by atoms with van der Waals surface area (Å²) in [5, 5.41) is 8.41. The van der Waals surface area contributed by atoms with E-state index >= 15 is 0 Å². The third kappa shape index (κ3) is 11.7. The zero-order chi connectivity index (χ0) is 30.3. The van der Waals surface area contributed by atoms with E-state index in [0.717, 1.165) is 50.3 Å². The van der Waals surface area contributed by atoms with Gasteiger partial charge in [-0.3, -0.25) is 19.2 Å². The van der Waals surface area contributed by atoms with Gasteiger partial charge in [0, 0.05) is 45.6 Å². The molecule has 0 spiro atoms. The van der Waals surface area contributed by atoms with Crippen LogP contribution in [0.15, 0.2) is 60.7 Å². The number of likely N-dealkylation sites (N-methyl/N-ethyl adjacent to an activating group) is 1. The lowest BCUT2D eigenvalue weighted by atomic mass is 9.99. The van der Waals surface area contributed by atoms with E-state index in [9.17, 15) is 19.2 Å². The number of piperazine rings is 1. The highest BCUT2D eigenvalue weighted by atomic mass is 16.2. The maximum atomic E-state index is 13.5. The molecule has 3 amide bonds. The Bertz CT molecular complexity index is 1130. The highest BCUT2D eigenvalue weighted by Crippen LogP contribution is 2.10. The summed E-state index contributed by atoms with van der Waals surface area (Å²) in [6, 6.07) is 17.1. The van der Waals surface area contributed by atoms with E-state index in [1.165, 1.54) is 0 Å². The minimum Gasteiger partial charge on any atom is -0.349 e. The van der Waals surface area contributed by atoms with Gasteiger partial charge in [-0.2, -0.15) is 0 Å². The number of hydrogen-bond acceptors (Lipinski definition) is 6. The van der Waals surface area contributed by atoms with Crippen LogP contribution in [0.1, 0.15) is 44.2 Å². The molecule has 3 N–H and O–H groups in total. The average Bonchev–Trinajstić information content (AvgIpc) is 2.98. The molecule has 1 aliphatic heterocycles. The fourth-order valence-electron chi connectivity index (χ4n) is 5.02. The molecule has 2 atom stereocenters. The number of carbonyl (C=O) groups excluding carboxylic acids is 4. The average molecular weight is 578 g/mol. The van der Waals surface area contributed by atoms with Gasteiger partial charge in [0.1, 0.15) is 12.1 Å². The van der Waals surface area contributed by atoms with Gasteiger partial charge in [-0.05, 0) is 49.9 Å². The summed E-state index contributed by atoms with van der Waals surface area (Å²) in [6.07, 6.45) is 2.13. The third-order valence-electron chi connectivity index (χ3n) is 7.51. The lowest BCUT2D eigenvalue weighted by Gasteiger charge is -2.32. The second-order valence-electron chi connectivity index (χ2n) is 11.6. The highest BCUT2D eigenvalue weighted by Gasteiger charge is 2.30. The normalized spacial score (nSPS) is 15.5. The van der Waals surface area contributed by atoms with Gasteiger partial charge in [0.2, 0.25) is 17.6 Å². The molecule has 1 aliphatic rings. The van der Waals surface area contributed by atoms with Gasteiger partial charge < -0.3 is 25.8 Å². The Morgan fingerprint density at radius 3 is 2.05 bits per heavy atom. The van der Waals surface area contributed by atoms with Crippen LogP contribution in [0, 0.1) is 5.92 Å². The molecule has 0 saturated carbocycles. The summed E-state index contributed by atoms with van der Waals surface area (Å²) in [5.74, 6) is -1.97. The van der Waals surface area contributed by atoms with Crippen molar-refractivity contribution in [3.63, 3.8) is 0 Å². The van der Waals surface area contributed by atoms with Crippen LogP contribution < -0.4 is 16.0 Å². The number of rotatable bonds is 16. The Balaban J connectivity index is 1.59. The van der Waals surface area contributed by atoms with Crippen molar-refractivity contribution in [3.05, 3.63) is 71.8 Å². The van der Waals surface area contributed by atoms with E-state index in [2.05, 4.69) is 32.8 Å². The lowest BCUT2D eigenvalue weighted by Crippen LogP contribution is -2.55. The quantitative estimate of drug-likeness (QED) is 0.208. The summed E-state index contributed by atoms with van der Waals surface area (Å²) in [7, 11) is 2.11. The van der Waals surface area contributed by atoms with E-state index in [1.54, 1.807) is 0 Å². The van der Waals surface area contributed by atoms with E-state index in [4.69, 9.17) is 0 Å². The van der Waals surface area contributed by atoms with Crippen molar-refractivity contribution in [2.45, 2.75) is 58.0 Å². The second kappa shape index (κ2) is 17.4. The topological polar surface area (TPSA) is 111 Å². The molecule has 0 aromatic heterocycles. The molecular formula is C33H47N5O4. The second-order valence-corrected chi connectivity index (χ2v) is 11.6. The number of nitrogens with one attached hydrogen (secondary N) is 3. The fraction of sp³-hybridized carbons (Fsp3) is 0.515. The molecule has 0 unspecified atom stereocenters. The first-order valence-electron chi connectivity index (χ1n) is 15.1. The van der Waals surface area contributed by atoms with Crippen LogP contribution in [-0.4, -0.2) is 91.7 Å². The summed E-state index contributed by atoms with van der Waals surface area (Å²) < 4.78 is 0. The van der Waals surface area contributed by atoms with Gasteiger partial charge in [0.25, 0.3) is 5.91 Å². The number of aryl methyl sites for hydroxylation is 1. The molecule has 3 rings (SSSR count). The molecule has 0 aliphatic carbocycles. The van der Waals surface area contributed by atoms with Crippen molar-refractivity contribution in [1.82, 2.24) is 25.8 Å². The van der Waals surface area contributed by atoms with Crippen molar-refractivity contribution in [3.8, 4) is 0 Å². The Labute approximate surface area is 250 Å². The van der Waals surface area contributed by atoms with Crippen molar-refractivity contribution >= 4 is 23.5 Å². The van der Waals surface area contributed by atoms with Crippen LogP contribution >= 0.6 is 0 Å². The van der Waals surface area contributed by atoms with E-state index in [1.807, 2.05) is 74.5 Å². The molecule has 9 nitrogen and oxygen atoms in total. The Morgan fingerprint density at radius 1 is 0.810 bits per heavy atom. The monoisotopic (exact) mass is 577 g/mol. The molecule has 2 aromatic rings. The van der Waals surface area contributed by atoms with Crippen molar-refractivity contribution in [2.24, 2.45) is 5.92 Å². The van der Waals surface area contributed by atoms with E-state index in [0.29, 0.717) is 19.4 Å². The number of amides is 3. The maximum absolute atomic E-state index is 13.5. The zero-order valence-electron chi connectivity index (χ0n) is 25.3. The SMILES string of the molecule is CC(C)C[C@H](NC(=O)CCc1ccccc1)C(=O)N[C@@H](Cc1ccccc1)C(=O)C(=O)NCCCN1CCN(C)CC1. The van der Waals surface area contributed by atoms with Gasteiger partial charge in [-0.25, -0.2) is 0 Å². The zero-order valence-corrected chi connectivity index (χ0v) is 25.3. The molecule has 42 heavy (non-hydrogen) atoms. The largest absolute Gasteiger partial charge is 0.349 e. The van der Waals surface area contributed by atoms with Gasteiger partial charge in [-0.15, -0.1) is 0 Å². The van der Waals surface area contributed by atoms with E-state index < -0.39 is 29.7 Å². The van der Waals surface area contributed by atoms with Crippen LogP contribution in [0.25, 0.3) is 0 Å². The van der Waals surface area contributed by atoms with Crippen LogP contribution in [0.3, 0.4) is 0 Å². The van der Waals surface area contributed by atoms with Gasteiger partial charge in [0.15, 0.2) is 0 Å². The number of ketones is 1. The Kier molecular flexibility index (Phi) is 13.7. The van der Waals surface area contributed by atoms with Crippen molar-refractivity contribution < 1.29 is 19.2 Å². The number of benzene rings is 2. The molecular weight excluding hydrogens is 530 g/mol. The Hall–Kier alpha value is -3.56. The summed E-state index contributed by atoms with van der Waals surface area (Å²) in [6.45, 7) is 9.22. The molecule has 1 fully saturated rings. The summed E-state index contributed by atoms with van der Waals surface area (Å²) in [5.41, 5.74) is 1.87. The molecule has 1 heterocycles. The fourth-order valence-corrected chi connectivity index (χ4v) is 5.02. The predicted molar refractivity (Wildman–Crippen MR) is 165 cm³/mol. The van der Waals surface area contributed by atoms with Gasteiger partial charge in [0.05, 0.1) is 0 Å². The minimum absolute atomic E-state index is 0.127. The molecule has 0 radical (unpaired) electrons. The summed E-state index contributed by atoms with van der Waals surface area (Å²) in [4.78, 5) is 57.1. The first-order valence-corrected chi connectivity index (χ1v) is 15.1. The highest BCUT2D eigenvalue weighted by molar-refractivity contribution is 6.38. The first-order chi connectivity index (χ1) is 20.2. The molecule has 0 bridgehead atoms. The molecule has 2 aromatic carbocycles. The van der Waals surface area contributed by atoms with Crippen LogP contribution in [-0.2, 0) is 32.0 Å². The lowest BCUT2D eigenvalue weighted by molar-refractivity contribution is -0.140. The molecule has 228 valence electrons. The van der Waals surface area contributed by atoms with E-state index in [-0.39, 0.29) is 24.7 Å². The van der Waals surface area contributed by atoms with Crippen molar-refractivity contribution in [1.29, 1.82) is 0 Å². The molecule has 9 heteroatoms. The van der Waals surface area contributed by atoms with Crippen LogP contribution in [0.4, 0.5) is 0 Å². The number of nitrogens with zero attached hydrogens (tertiary/aromatic N) is 2. The first kappa shape index (κ1) is 32.9. The standard InChI is InChI=1S/C33H47N5O4/c1-25(2)23-29(35-30(39)16-15-26-11-6-4-7-12-26)32(41)36-28(24-27-13-8-5-9-14-27)31(40)33(42)34-17-10-18-38-21-19-37(3)20-22-38/h4-9,11-14,25,28-29H,10,15-24H2,1-3H3,(H,34,42)(H,35,39)(H,36,41)/t28-,29-/m0/s1. The molecule has 1 saturated heterocycles. The van der Waals surface area contributed by atoms with Gasteiger partial charge >= 0.3 is 0 Å². The van der Waals surface area contributed by atoms with Gasteiger partial charge in [-0.1, -0.05) is 74.5 Å². The maximum Gasteiger partial charge on any atom is 0.289 e. The Morgan fingerprint density at radius 2 is 1.43 bits per heavy atom. The predicted octanol–water partition coefficient (Wildman–Crippen LogP) is 2.20. The smallest absolute Gasteiger partial charge is 0.289 e. The third-order valence-corrected chi connectivity index (χ3v) is 7.51. The number of carbonyl (C=O) groups is 4. The van der Waals surface area contributed by atoms with Crippen molar-refractivity contribution in [2.75, 3.05) is 46.3 Å². The summed E-state index contributed by atoms with van der Waals surface area (Å²) >= 11 is 0.